The molecule has 2 aliphatic heterocycles. The third-order valence-electron chi connectivity index (χ3n) is 4.98. The van der Waals surface area contributed by atoms with Crippen molar-refractivity contribution >= 4 is 17.5 Å². The van der Waals surface area contributed by atoms with Crippen LogP contribution >= 0.6 is 0 Å². The third-order valence-corrected chi connectivity index (χ3v) is 4.98. The molecule has 2 aliphatic rings. The zero-order valence-electron chi connectivity index (χ0n) is 14.8. The Morgan fingerprint density at radius 3 is 2.60 bits per heavy atom. The fraction of sp³-hybridized carbons (Fsp3) is 0.526. The van der Waals surface area contributed by atoms with E-state index in [-0.39, 0.29) is 11.8 Å². The van der Waals surface area contributed by atoms with Gasteiger partial charge in [0.25, 0.3) is 5.91 Å². The molecule has 0 atom stereocenters. The second-order valence-electron chi connectivity index (χ2n) is 6.88. The van der Waals surface area contributed by atoms with Crippen LogP contribution in [0.2, 0.25) is 0 Å². The van der Waals surface area contributed by atoms with Crippen LogP contribution in [-0.2, 0) is 16.1 Å². The topological polar surface area (TPSA) is 65.0 Å². The Bertz CT molecular complexity index is 636. The SMILES string of the molecule is CN1N=C(C(=O)NCC2CCN(Cc3ccccc3)CC2)CCC1=O. The van der Waals surface area contributed by atoms with Gasteiger partial charge in [-0.15, -0.1) is 0 Å². The smallest absolute Gasteiger partial charge is 0.267 e. The standard InChI is InChI=1S/C19H26N4O2/c1-22-18(24)8-7-17(21-22)19(25)20-13-15-9-11-23(12-10-15)14-16-5-3-2-4-6-16/h2-6,15H,7-14H2,1H3,(H,20,25). The molecule has 25 heavy (non-hydrogen) atoms. The molecule has 3 rings (SSSR count). The van der Waals surface area contributed by atoms with Crippen LogP contribution in [0.3, 0.4) is 0 Å². The lowest BCUT2D eigenvalue weighted by molar-refractivity contribution is -0.130. The maximum Gasteiger partial charge on any atom is 0.267 e. The van der Waals surface area contributed by atoms with Crippen molar-refractivity contribution < 1.29 is 9.59 Å². The quantitative estimate of drug-likeness (QED) is 0.884. The maximum absolute atomic E-state index is 12.2. The van der Waals surface area contributed by atoms with Gasteiger partial charge in [0.1, 0.15) is 5.71 Å². The molecule has 134 valence electrons. The molecule has 1 fully saturated rings. The van der Waals surface area contributed by atoms with Gasteiger partial charge in [0.05, 0.1) is 0 Å². The lowest BCUT2D eigenvalue weighted by Crippen LogP contribution is -2.42. The number of carbonyl (C=O) groups is 2. The van der Waals surface area contributed by atoms with E-state index in [2.05, 4.69) is 39.6 Å². The molecule has 2 heterocycles. The van der Waals surface area contributed by atoms with E-state index in [9.17, 15) is 9.59 Å². The number of likely N-dealkylation sites (tertiary alicyclic amines) is 1. The summed E-state index contributed by atoms with van der Waals surface area (Å²) in [5.41, 5.74) is 1.81. The van der Waals surface area contributed by atoms with Gasteiger partial charge in [0.2, 0.25) is 5.91 Å². The van der Waals surface area contributed by atoms with E-state index in [1.165, 1.54) is 10.6 Å². The normalized spacial score (nSPS) is 19.6. The first-order chi connectivity index (χ1) is 12.1. The van der Waals surface area contributed by atoms with Crippen molar-refractivity contribution in [3.8, 4) is 0 Å². The highest BCUT2D eigenvalue weighted by Gasteiger charge is 2.24. The second kappa shape index (κ2) is 8.25. The fourth-order valence-electron chi connectivity index (χ4n) is 3.36. The number of hydrogen-bond donors (Lipinski definition) is 1. The average molecular weight is 342 g/mol. The summed E-state index contributed by atoms with van der Waals surface area (Å²) in [7, 11) is 1.59. The van der Waals surface area contributed by atoms with Crippen molar-refractivity contribution in [2.75, 3.05) is 26.7 Å². The van der Waals surface area contributed by atoms with Gasteiger partial charge in [0, 0.05) is 33.0 Å². The molecule has 1 aromatic carbocycles. The van der Waals surface area contributed by atoms with Crippen LogP contribution < -0.4 is 5.32 Å². The van der Waals surface area contributed by atoms with Crippen LogP contribution in [-0.4, -0.2) is 54.1 Å². The molecule has 0 saturated carbocycles. The Morgan fingerprint density at radius 2 is 1.92 bits per heavy atom. The summed E-state index contributed by atoms with van der Waals surface area (Å²) in [6, 6.07) is 10.5. The molecule has 0 aliphatic carbocycles. The Morgan fingerprint density at radius 1 is 1.20 bits per heavy atom. The number of rotatable bonds is 5. The van der Waals surface area contributed by atoms with Gasteiger partial charge >= 0.3 is 0 Å². The van der Waals surface area contributed by atoms with Crippen LogP contribution in [0.1, 0.15) is 31.2 Å². The largest absolute Gasteiger partial charge is 0.351 e. The van der Waals surface area contributed by atoms with Crippen molar-refractivity contribution in [3.05, 3.63) is 35.9 Å². The number of nitrogens with one attached hydrogen (secondary N) is 1. The highest BCUT2D eigenvalue weighted by Crippen LogP contribution is 2.18. The van der Waals surface area contributed by atoms with E-state index in [4.69, 9.17) is 0 Å². The maximum atomic E-state index is 12.2. The van der Waals surface area contributed by atoms with Crippen LogP contribution in [0.15, 0.2) is 35.4 Å². The molecule has 0 aromatic heterocycles. The number of benzene rings is 1. The summed E-state index contributed by atoms with van der Waals surface area (Å²) in [5, 5.41) is 8.33. The summed E-state index contributed by atoms with van der Waals surface area (Å²) in [6.07, 6.45) is 2.99. The van der Waals surface area contributed by atoms with E-state index >= 15 is 0 Å². The molecule has 0 unspecified atom stereocenters. The molecular weight excluding hydrogens is 316 g/mol. The second-order valence-corrected chi connectivity index (χ2v) is 6.88. The summed E-state index contributed by atoms with van der Waals surface area (Å²) in [6.45, 7) is 3.81. The minimum absolute atomic E-state index is 0.0395. The molecule has 1 saturated heterocycles. The number of nitrogens with zero attached hydrogens (tertiary/aromatic N) is 3. The van der Waals surface area contributed by atoms with E-state index in [0.29, 0.717) is 31.0 Å². The number of hydrogen-bond acceptors (Lipinski definition) is 4. The van der Waals surface area contributed by atoms with Crippen LogP contribution in [0.25, 0.3) is 0 Å². The minimum atomic E-state index is -0.133. The van der Waals surface area contributed by atoms with Gasteiger partial charge in [-0.1, -0.05) is 30.3 Å². The lowest BCUT2D eigenvalue weighted by atomic mass is 9.96. The first-order valence-electron chi connectivity index (χ1n) is 9.00. The van der Waals surface area contributed by atoms with Gasteiger partial charge < -0.3 is 5.32 Å². The monoisotopic (exact) mass is 342 g/mol. The van der Waals surface area contributed by atoms with Crippen molar-refractivity contribution in [1.29, 1.82) is 0 Å². The molecule has 0 bridgehead atoms. The van der Waals surface area contributed by atoms with Crippen molar-refractivity contribution in [2.24, 2.45) is 11.0 Å². The number of amides is 2. The molecule has 0 spiro atoms. The molecule has 6 nitrogen and oxygen atoms in total. The van der Waals surface area contributed by atoms with E-state index < -0.39 is 0 Å². The van der Waals surface area contributed by atoms with Gasteiger partial charge in [0.15, 0.2) is 0 Å². The Hall–Kier alpha value is -2.21. The zero-order chi connectivity index (χ0) is 17.6. The molecule has 0 radical (unpaired) electrons. The van der Waals surface area contributed by atoms with Crippen LogP contribution in [0.5, 0.6) is 0 Å². The fourth-order valence-corrected chi connectivity index (χ4v) is 3.36. The average Bonchev–Trinajstić information content (AvgIpc) is 2.64. The predicted octanol–water partition coefficient (Wildman–Crippen LogP) is 1.62. The minimum Gasteiger partial charge on any atom is -0.351 e. The molecule has 1 aromatic rings. The van der Waals surface area contributed by atoms with E-state index in [1.54, 1.807) is 7.05 Å². The van der Waals surface area contributed by atoms with Crippen molar-refractivity contribution in [1.82, 2.24) is 15.2 Å². The molecule has 6 heteroatoms. The molecule has 2 amide bonds. The number of piperidine rings is 1. The first-order valence-corrected chi connectivity index (χ1v) is 9.00. The van der Waals surface area contributed by atoms with Gasteiger partial charge in [-0.3, -0.25) is 14.5 Å². The summed E-state index contributed by atoms with van der Waals surface area (Å²) in [4.78, 5) is 26.1. The summed E-state index contributed by atoms with van der Waals surface area (Å²) < 4.78 is 0. The Balaban J connectivity index is 1.40. The Labute approximate surface area is 148 Å². The van der Waals surface area contributed by atoms with Crippen LogP contribution in [0.4, 0.5) is 0 Å². The predicted molar refractivity (Wildman–Crippen MR) is 96.9 cm³/mol. The van der Waals surface area contributed by atoms with Gasteiger partial charge in [-0.05, 0) is 37.4 Å². The number of carbonyl (C=O) groups excluding carboxylic acids is 2. The van der Waals surface area contributed by atoms with Gasteiger partial charge in [-0.2, -0.15) is 5.10 Å². The highest BCUT2D eigenvalue weighted by atomic mass is 16.2. The lowest BCUT2D eigenvalue weighted by Gasteiger charge is -2.32. The molecule has 1 N–H and O–H groups in total. The van der Waals surface area contributed by atoms with E-state index in [0.717, 1.165) is 32.5 Å². The van der Waals surface area contributed by atoms with Crippen molar-refractivity contribution in [3.63, 3.8) is 0 Å². The summed E-state index contributed by atoms with van der Waals surface area (Å²) in [5.74, 6) is 0.341. The first kappa shape index (κ1) is 17.6. The zero-order valence-corrected chi connectivity index (χ0v) is 14.8. The number of hydrazone groups is 1. The van der Waals surface area contributed by atoms with Crippen molar-refractivity contribution in [2.45, 2.75) is 32.2 Å². The highest BCUT2D eigenvalue weighted by molar-refractivity contribution is 6.39. The third kappa shape index (κ3) is 4.89. The van der Waals surface area contributed by atoms with Gasteiger partial charge in [-0.25, -0.2) is 5.01 Å². The Kier molecular flexibility index (Phi) is 5.81. The summed E-state index contributed by atoms with van der Waals surface area (Å²) >= 11 is 0. The van der Waals surface area contributed by atoms with Crippen LogP contribution in [0, 0.1) is 5.92 Å². The van der Waals surface area contributed by atoms with E-state index in [1.807, 2.05) is 6.07 Å². The molecular formula is C19H26N4O2.